The molecule has 2 aromatic carbocycles. The smallest absolute Gasteiger partial charge is 0.0549 e. The third kappa shape index (κ3) is 4.95. The average Bonchev–Trinajstić information content (AvgIpc) is 2.67. The first-order valence-electron chi connectivity index (χ1n) is 9.61. The molecule has 0 amide bonds. The fourth-order valence-electron chi connectivity index (χ4n) is 4.13. The lowest BCUT2D eigenvalue weighted by molar-refractivity contribution is 0.136. The van der Waals surface area contributed by atoms with Crippen molar-refractivity contribution in [3.05, 3.63) is 71.8 Å². The molecule has 0 bridgehead atoms. The van der Waals surface area contributed by atoms with Crippen LogP contribution in [0.4, 0.5) is 0 Å². The van der Waals surface area contributed by atoms with Gasteiger partial charge in [-0.2, -0.15) is 0 Å². The number of aliphatic hydroxyl groups excluding tert-OH is 1. The van der Waals surface area contributed by atoms with E-state index in [1.807, 2.05) is 0 Å². The summed E-state index contributed by atoms with van der Waals surface area (Å²) in [6.07, 6.45) is 9.66. The molecular formula is C23H30O. The number of aliphatic hydroxyl groups is 1. The molecule has 1 atom stereocenters. The predicted molar refractivity (Wildman–Crippen MR) is 101 cm³/mol. The summed E-state index contributed by atoms with van der Waals surface area (Å²) >= 11 is 0. The van der Waals surface area contributed by atoms with E-state index in [1.165, 1.54) is 49.7 Å². The minimum atomic E-state index is -0.211. The van der Waals surface area contributed by atoms with E-state index in [2.05, 4.69) is 60.7 Å². The summed E-state index contributed by atoms with van der Waals surface area (Å²) in [6, 6.07) is 21.3. The number of hydrogen-bond donors (Lipinski definition) is 1. The molecule has 1 nitrogen and oxygen atoms in total. The number of hydrogen-bond acceptors (Lipinski definition) is 1. The van der Waals surface area contributed by atoms with Crippen LogP contribution in [0.15, 0.2) is 60.7 Å². The van der Waals surface area contributed by atoms with Gasteiger partial charge in [-0.25, -0.2) is 0 Å². The Bertz CT molecular complexity index is 532. The van der Waals surface area contributed by atoms with E-state index in [1.54, 1.807) is 0 Å². The Kier molecular flexibility index (Phi) is 6.48. The SMILES string of the molecule is OC(CCC1CCCCC1)CC(c1ccccc1)c1ccccc1. The van der Waals surface area contributed by atoms with Crippen LogP contribution in [0.5, 0.6) is 0 Å². The van der Waals surface area contributed by atoms with Crippen molar-refractivity contribution in [3.8, 4) is 0 Å². The maximum Gasteiger partial charge on any atom is 0.0549 e. The molecule has 24 heavy (non-hydrogen) atoms. The van der Waals surface area contributed by atoms with Crippen molar-refractivity contribution in [2.75, 3.05) is 0 Å². The van der Waals surface area contributed by atoms with Gasteiger partial charge in [-0.05, 0) is 36.3 Å². The van der Waals surface area contributed by atoms with Gasteiger partial charge >= 0.3 is 0 Å². The highest BCUT2D eigenvalue weighted by molar-refractivity contribution is 5.32. The first kappa shape index (κ1) is 17.2. The molecule has 1 heteroatoms. The van der Waals surface area contributed by atoms with Crippen molar-refractivity contribution in [2.24, 2.45) is 5.92 Å². The monoisotopic (exact) mass is 322 g/mol. The van der Waals surface area contributed by atoms with Gasteiger partial charge in [0.05, 0.1) is 6.10 Å². The lowest BCUT2D eigenvalue weighted by Gasteiger charge is -2.25. The van der Waals surface area contributed by atoms with Crippen LogP contribution in [-0.2, 0) is 0 Å². The van der Waals surface area contributed by atoms with E-state index in [4.69, 9.17) is 0 Å². The van der Waals surface area contributed by atoms with Gasteiger partial charge in [-0.1, -0.05) is 92.8 Å². The molecule has 0 aliphatic heterocycles. The van der Waals surface area contributed by atoms with Crippen molar-refractivity contribution in [1.29, 1.82) is 0 Å². The molecule has 1 saturated carbocycles. The van der Waals surface area contributed by atoms with Crippen molar-refractivity contribution in [2.45, 2.75) is 63.4 Å². The van der Waals surface area contributed by atoms with Gasteiger partial charge in [0.25, 0.3) is 0 Å². The molecule has 0 heterocycles. The lowest BCUT2D eigenvalue weighted by Crippen LogP contribution is -2.16. The fourth-order valence-corrected chi connectivity index (χ4v) is 4.13. The largest absolute Gasteiger partial charge is 0.393 e. The fraction of sp³-hybridized carbons (Fsp3) is 0.478. The molecule has 0 radical (unpaired) electrons. The highest BCUT2D eigenvalue weighted by Gasteiger charge is 2.20. The summed E-state index contributed by atoms with van der Waals surface area (Å²) < 4.78 is 0. The van der Waals surface area contributed by atoms with Crippen molar-refractivity contribution in [1.82, 2.24) is 0 Å². The van der Waals surface area contributed by atoms with Crippen LogP contribution in [0, 0.1) is 5.92 Å². The van der Waals surface area contributed by atoms with Gasteiger partial charge in [0.1, 0.15) is 0 Å². The Balaban J connectivity index is 1.63. The minimum absolute atomic E-state index is 0.211. The molecule has 1 unspecified atom stereocenters. The minimum Gasteiger partial charge on any atom is -0.393 e. The Labute approximate surface area is 146 Å². The predicted octanol–water partition coefficient (Wildman–Crippen LogP) is 5.93. The molecule has 1 N–H and O–H groups in total. The first-order valence-corrected chi connectivity index (χ1v) is 9.61. The zero-order chi connectivity index (χ0) is 16.6. The zero-order valence-corrected chi connectivity index (χ0v) is 14.6. The summed E-state index contributed by atoms with van der Waals surface area (Å²) in [5.74, 6) is 1.13. The molecule has 1 fully saturated rings. The normalized spacial score (nSPS) is 17.1. The second kappa shape index (κ2) is 9.03. The quantitative estimate of drug-likeness (QED) is 0.670. The van der Waals surface area contributed by atoms with E-state index >= 15 is 0 Å². The lowest BCUT2D eigenvalue weighted by atomic mass is 9.82. The van der Waals surface area contributed by atoms with Crippen LogP contribution in [0.1, 0.15) is 68.4 Å². The summed E-state index contributed by atoms with van der Waals surface area (Å²) in [4.78, 5) is 0. The molecule has 0 aromatic heterocycles. The highest BCUT2D eigenvalue weighted by atomic mass is 16.3. The van der Waals surface area contributed by atoms with Crippen LogP contribution >= 0.6 is 0 Å². The standard InChI is InChI=1S/C23H30O/c24-22(17-16-19-10-4-1-5-11-19)18-23(20-12-6-2-7-13-20)21-14-8-3-9-15-21/h2-3,6-9,12-15,19,22-24H,1,4-5,10-11,16-18H2. The van der Waals surface area contributed by atoms with Crippen LogP contribution in [0.2, 0.25) is 0 Å². The second-order valence-corrected chi connectivity index (χ2v) is 7.34. The molecule has 1 aliphatic carbocycles. The summed E-state index contributed by atoms with van der Waals surface area (Å²) in [5, 5.41) is 10.7. The van der Waals surface area contributed by atoms with Crippen molar-refractivity contribution < 1.29 is 5.11 Å². The van der Waals surface area contributed by atoms with Crippen LogP contribution in [0.25, 0.3) is 0 Å². The molecule has 128 valence electrons. The second-order valence-electron chi connectivity index (χ2n) is 7.34. The van der Waals surface area contributed by atoms with Gasteiger partial charge in [-0.3, -0.25) is 0 Å². The van der Waals surface area contributed by atoms with Crippen LogP contribution in [0.3, 0.4) is 0 Å². The van der Waals surface area contributed by atoms with Gasteiger partial charge in [-0.15, -0.1) is 0 Å². The molecule has 3 rings (SSSR count). The zero-order valence-electron chi connectivity index (χ0n) is 14.6. The summed E-state index contributed by atoms with van der Waals surface area (Å²) in [5.41, 5.74) is 2.61. The van der Waals surface area contributed by atoms with E-state index in [0.29, 0.717) is 0 Å². The summed E-state index contributed by atoms with van der Waals surface area (Å²) in [7, 11) is 0. The summed E-state index contributed by atoms with van der Waals surface area (Å²) in [6.45, 7) is 0. The van der Waals surface area contributed by atoms with E-state index in [-0.39, 0.29) is 12.0 Å². The van der Waals surface area contributed by atoms with E-state index < -0.39 is 0 Å². The number of benzene rings is 2. The molecular weight excluding hydrogens is 292 g/mol. The van der Waals surface area contributed by atoms with Crippen molar-refractivity contribution >= 4 is 0 Å². The Morgan fingerprint density at radius 3 is 1.88 bits per heavy atom. The third-order valence-electron chi connectivity index (χ3n) is 5.54. The molecule has 1 aliphatic rings. The maximum atomic E-state index is 10.7. The van der Waals surface area contributed by atoms with Gasteiger partial charge in [0, 0.05) is 5.92 Å². The van der Waals surface area contributed by atoms with Gasteiger partial charge in [0.15, 0.2) is 0 Å². The van der Waals surface area contributed by atoms with Gasteiger partial charge < -0.3 is 5.11 Å². The Morgan fingerprint density at radius 2 is 1.33 bits per heavy atom. The van der Waals surface area contributed by atoms with Crippen LogP contribution < -0.4 is 0 Å². The Hall–Kier alpha value is -1.60. The first-order chi connectivity index (χ1) is 11.8. The molecule has 2 aromatic rings. The molecule has 0 saturated heterocycles. The Morgan fingerprint density at radius 1 is 0.792 bits per heavy atom. The van der Waals surface area contributed by atoms with Crippen LogP contribution in [-0.4, -0.2) is 11.2 Å². The molecule has 0 spiro atoms. The maximum absolute atomic E-state index is 10.7. The van der Waals surface area contributed by atoms with Crippen molar-refractivity contribution in [3.63, 3.8) is 0 Å². The van der Waals surface area contributed by atoms with E-state index in [0.717, 1.165) is 18.8 Å². The third-order valence-corrected chi connectivity index (χ3v) is 5.54. The van der Waals surface area contributed by atoms with E-state index in [9.17, 15) is 5.11 Å². The average molecular weight is 322 g/mol. The number of rotatable bonds is 7. The topological polar surface area (TPSA) is 20.2 Å². The van der Waals surface area contributed by atoms with Gasteiger partial charge in [0.2, 0.25) is 0 Å². The highest BCUT2D eigenvalue weighted by Crippen LogP contribution is 2.32.